The number of nitrogens with zero attached hydrogens (tertiary/aromatic N) is 2. The highest BCUT2D eigenvalue weighted by molar-refractivity contribution is 5.84. The number of aromatic hydroxyl groups is 1. The molecule has 0 saturated heterocycles. The van der Waals surface area contributed by atoms with Crippen LogP contribution in [-0.2, 0) is 0 Å². The third-order valence-electron chi connectivity index (χ3n) is 5.67. The van der Waals surface area contributed by atoms with E-state index >= 15 is 0 Å². The van der Waals surface area contributed by atoms with E-state index in [-0.39, 0.29) is 5.75 Å². The van der Waals surface area contributed by atoms with Crippen LogP contribution in [0.3, 0.4) is 0 Å². The summed E-state index contributed by atoms with van der Waals surface area (Å²) in [6.07, 6.45) is 8.24. The number of rotatable bonds is 4. The van der Waals surface area contributed by atoms with E-state index in [0.717, 1.165) is 57.8 Å². The molecule has 6 heteroatoms. The molecule has 0 unspecified atom stereocenters. The first-order chi connectivity index (χ1) is 17.8. The lowest BCUT2D eigenvalue weighted by Gasteiger charge is -2.12. The number of aryl methyl sites for hydroxylation is 1. The van der Waals surface area contributed by atoms with Crippen molar-refractivity contribution < 1.29 is 9.90 Å². The summed E-state index contributed by atoms with van der Waals surface area (Å²) in [4.78, 5) is 15.7. The molecule has 3 aromatic rings. The van der Waals surface area contributed by atoms with Crippen LogP contribution < -0.4 is 22.0 Å². The second kappa shape index (κ2) is 15.8. The quantitative estimate of drug-likeness (QED) is 0.358. The van der Waals surface area contributed by atoms with Crippen LogP contribution in [0.1, 0.15) is 69.1 Å². The standard InChI is InChI=1S/C19H24N2O2.C11H11N.CH5N/c1-5-7-15-16(11-22)19(20)21(18(15)12(3)6-2)17-10-14(23)9-8-13(17)4;1-3-10(2)7-8-11-6-4-5-9-12-11;1-2/h7-11,23H,5-6,20H2,1-4H3;3-6,9H,1-2H3;2H2,1H3/b15-7+,18-12?;10-3+;. The zero-order chi connectivity index (χ0) is 28.0. The smallest absolute Gasteiger partial charge is 0.154 e. The molecule has 0 fully saturated rings. The van der Waals surface area contributed by atoms with Crippen molar-refractivity contribution >= 4 is 23.8 Å². The first kappa shape index (κ1) is 31.0. The normalized spacial score (nSPS) is 11.8. The Morgan fingerprint density at radius 3 is 2.41 bits per heavy atom. The van der Waals surface area contributed by atoms with Crippen molar-refractivity contribution in [2.45, 2.75) is 54.4 Å². The third-order valence-corrected chi connectivity index (χ3v) is 5.67. The van der Waals surface area contributed by atoms with Crippen molar-refractivity contribution in [3.63, 3.8) is 0 Å². The number of aldehydes is 1. The lowest BCUT2D eigenvalue weighted by Crippen LogP contribution is -2.32. The molecule has 3 rings (SSSR count). The molecule has 6 nitrogen and oxygen atoms in total. The molecule has 196 valence electrons. The van der Waals surface area contributed by atoms with Crippen LogP contribution >= 0.6 is 0 Å². The lowest BCUT2D eigenvalue weighted by atomic mass is 10.1. The molecule has 0 spiro atoms. The van der Waals surface area contributed by atoms with Gasteiger partial charge in [-0.05, 0) is 88.4 Å². The number of phenols is 1. The Labute approximate surface area is 221 Å². The SMILES string of the molecule is C/C=C(\C)C#Cc1ccccn1.CC/C=c1\c(C=O)c(N)n(-c2cc(O)ccc2C)c1=C(C)CC.CN. The Morgan fingerprint density at radius 1 is 1.16 bits per heavy atom. The van der Waals surface area contributed by atoms with Gasteiger partial charge >= 0.3 is 0 Å². The topological polar surface area (TPSA) is 107 Å². The van der Waals surface area contributed by atoms with Crippen molar-refractivity contribution in [1.82, 2.24) is 9.55 Å². The minimum Gasteiger partial charge on any atom is -0.508 e. The Bertz CT molecular complexity index is 1390. The number of phenolic OH excluding ortho intramolecular Hbond substituents is 1. The van der Waals surface area contributed by atoms with Crippen LogP contribution in [0.25, 0.3) is 17.3 Å². The fourth-order valence-electron chi connectivity index (χ4n) is 3.51. The number of aromatic nitrogens is 2. The second-order valence-electron chi connectivity index (χ2n) is 8.17. The molecule has 1 aromatic carbocycles. The third kappa shape index (κ3) is 8.23. The van der Waals surface area contributed by atoms with Gasteiger partial charge in [-0.2, -0.15) is 0 Å². The van der Waals surface area contributed by atoms with Gasteiger partial charge in [0.15, 0.2) is 6.29 Å². The fourth-order valence-corrected chi connectivity index (χ4v) is 3.51. The molecular weight excluding hydrogens is 460 g/mol. The first-order valence-corrected chi connectivity index (χ1v) is 12.4. The van der Waals surface area contributed by atoms with Crippen molar-refractivity contribution in [3.05, 3.63) is 81.6 Å². The van der Waals surface area contributed by atoms with Crippen LogP contribution in [0.2, 0.25) is 0 Å². The van der Waals surface area contributed by atoms with Gasteiger partial charge < -0.3 is 16.6 Å². The van der Waals surface area contributed by atoms with E-state index in [1.807, 2.05) is 75.6 Å². The Kier molecular flexibility index (Phi) is 13.2. The Hall–Kier alpha value is -4.08. The van der Waals surface area contributed by atoms with Crippen molar-refractivity contribution in [2.24, 2.45) is 5.73 Å². The van der Waals surface area contributed by atoms with Crippen molar-refractivity contribution in [3.8, 4) is 23.3 Å². The Balaban J connectivity index is 0.000000411. The predicted octanol–water partition coefficient (Wildman–Crippen LogP) is 4.63. The molecule has 0 aliphatic rings. The number of hydrogen-bond donors (Lipinski definition) is 3. The molecule has 0 atom stereocenters. The van der Waals surface area contributed by atoms with Gasteiger partial charge in [-0.1, -0.05) is 44.1 Å². The first-order valence-electron chi connectivity index (χ1n) is 12.4. The lowest BCUT2D eigenvalue weighted by molar-refractivity contribution is 0.112. The molecule has 5 N–H and O–H groups in total. The average Bonchev–Trinajstić information content (AvgIpc) is 3.21. The van der Waals surface area contributed by atoms with Crippen molar-refractivity contribution in [1.29, 1.82) is 0 Å². The number of anilines is 1. The van der Waals surface area contributed by atoms with E-state index in [4.69, 9.17) is 5.73 Å². The molecule has 2 aromatic heterocycles. The zero-order valence-corrected chi connectivity index (χ0v) is 23.1. The molecule has 0 aliphatic heterocycles. The van der Waals surface area contributed by atoms with E-state index in [2.05, 4.69) is 29.5 Å². The van der Waals surface area contributed by atoms with Gasteiger partial charge in [-0.15, -0.1) is 0 Å². The number of pyridine rings is 1. The molecule has 0 bridgehead atoms. The summed E-state index contributed by atoms with van der Waals surface area (Å²) in [7, 11) is 1.50. The van der Waals surface area contributed by atoms with E-state index in [9.17, 15) is 9.90 Å². The summed E-state index contributed by atoms with van der Waals surface area (Å²) in [5.41, 5.74) is 16.1. The summed E-state index contributed by atoms with van der Waals surface area (Å²) in [6, 6.07) is 10.9. The second-order valence-corrected chi connectivity index (χ2v) is 8.17. The summed E-state index contributed by atoms with van der Waals surface area (Å²) in [5, 5.41) is 11.7. The van der Waals surface area contributed by atoms with Gasteiger partial charge in [0.25, 0.3) is 0 Å². The highest BCUT2D eigenvalue weighted by atomic mass is 16.3. The summed E-state index contributed by atoms with van der Waals surface area (Å²) >= 11 is 0. The molecule has 37 heavy (non-hydrogen) atoms. The molecular formula is C31H40N4O2. The number of allylic oxidation sites excluding steroid dienone is 2. The van der Waals surface area contributed by atoms with E-state index in [0.29, 0.717) is 11.4 Å². The summed E-state index contributed by atoms with van der Waals surface area (Å²) in [5.74, 6) is 6.55. The van der Waals surface area contributed by atoms with Crippen LogP contribution in [0, 0.1) is 18.8 Å². The average molecular weight is 501 g/mol. The minimum absolute atomic E-state index is 0.174. The maximum absolute atomic E-state index is 11.6. The molecule has 2 heterocycles. The van der Waals surface area contributed by atoms with Crippen LogP contribution in [-0.4, -0.2) is 28.0 Å². The van der Waals surface area contributed by atoms with Gasteiger partial charge in [-0.3, -0.25) is 9.36 Å². The number of carbonyl (C=O) groups is 1. The Morgan fingerprint density at radius 2 is 1.86 bits per heavy atom. The number of hydrogen-bond acceptors (Lipinski definition) is 5. The highest BCUT2D eigenvalue weighted by Gasteiger charge is 2.16. The molecule has 0 radical (unpaired) electrons. The summed E-state index contributed by atoms with van der Waals surface area (Å²) in [6.45, 7) is 12.1. The number of benzene rings is 1. The van der Waals surface area contributed by atoms with E-state index in [1.54, 1.807) is 18.3 Å². The van der Waals surface area contributed by atoms with Gasteiger partial charge in [0, 0.05) is 17.5 Å². The van der Waals surface area contributed by atoms with Crippen LogP contribution in [0.4, 0.5) is 5.82 Å². The zero-order valence-electron chi connectivity index (χ0n) is 23.1. The van der Waals surface area contributed by atoms with Gasteiger partial charge in [0.05, 0.1) is 16.6 Å². The van der Waals surface area contributed by atoms with E-state index < -0.39 is 0 Å². The highest BCUT2D eigenvalue weighted by Crippen LogP contribution is 2.22. The summed E-state index contributed by atoms with van der Waals surface area (Å²) < 4.78 is 1.89. The van der Waals surface area contributed by atoms with Gasteiger partial charge in [0.2, 0.25) is 0 Å². The predicted molar refractivity (Wildman–Crippen MR) is 156 cm³/mol. The number of carbonyl (C=O) groups excluding carboxylic acids is 1. The van der Waals surface area contributed by atoms with Gasteiger partial charge in [-0.25, -0.2) is 4.98 Å². The largest absolute Gasteiger partial charge is 0.508 e. The number of nitrogen functional groups attached to an aromatic ring is 1. The molecule has 0 aliphatic carbocycles. The van der Waals surface area contributed by atoms with Gasteiger partial charge in [0.1, 0.15) is 17.3 Å². The minimum atomic E-state index is 0.174. The van der Waals surface area contributed by atoms with E-state index in [1.165, 1.54) is 7.05 Å². The van der Waals surface area contributed by atoms with Crippen molar-refractivity contribution in [2.75, 3.05) is 12.8 Å². The number of nitrogens with two attached hydrogens (primary N) is 2. The maximum Gasteiger partial charge on any atom is 0.154 e. The van der Waals surface area contributed by atoms with Crippen LogP contribution in [0.5, 0.6) is 5.75 Å². The maximum atomic E-state index is 11.6. The monoisotopic (exact) mass is 500 g/mol. The molecule has 0 saturated carbocycles. The molecule has 0 amide bonds. The van der Waals surface area contributed by atoms with Crippen LogP contribution in [0.15, 0.2) is 54.2 Å². The fraction of sp³-hybridized carbons (Fsp3) is 0.290.